The molecule has 2 aliphatic rings. The molecule has 4 rings (SSSR count). The van der Waals surface area contributed by atoms with E-state index >= 15 is 0 Å². The molecule has 1 aliphatic carbocycles. The van der Waals surface area contributed by atoms with E-state index in [4.69, 9.17) is 33.7 Å². The van der Waals surface area contributed by atoms with Crippen molar-refractivity contribution in [2.75, 3.05) is 5.75 Å². The zero-order valence-electron chi connectivity index (χ0n) is 22.3. The number of nitrogens with zero attached hydrogens (tertiary/aromatic N) is 1. The van der Waals surface area contributed by atoms with Crippen molar-refractivity contribution >= 4 is 44.9 Å². The Bertz CT molecular complexity index is 1390. The van der Waals surface area contributed by atoms with Crippen LogP contribution in [0.1, 0.15) is 70.2 Å². The molecule has 0 spiro atoms. The number of benzene rings is 2. The third-order valence-electron chi connectivity index (χ3n) is 7.48. The molecule has 2 N–H and O–H groups in total. The van der Waals surface area contributed by atoms with Gasteiger partial charge in [-0.15, -0.1) is 0 Å². The first-order chi connectivity index (χ1) is 18.0. The number of halogens is 3. The Morgan fingerprint density at radius 3 is 2.38 bits per heavy atom. The minimum atomic E-state index is -3.69. The molecule has 1 saturated carbocycles. The predicted molar refractivity (Wildman–Crippen MR) is 149 cm³/mol. The van der Waals surface area contributed by atoms with Crippen LogP contribution >= 0.6 is 23.2 Å². The molecule has 0 bridgehead atoms. The second kappa shape index (κ2) is 10.7. The van der Waals surface area contributed by atoms with Crippen LogP contribution in [-0.2, 0) is 24.2 Å². The first-order valence-electron chi connectivity index (χ1n) is 12.8. The van der Waals surface area contributed by atoms with E-state index in [9.17, 15) is 22.4 Å². The van der Waals surface area contributed by atoms with Gasteiger partial charge in [-0.2, -0.15) is 0 Å². The van der Waals surface area contributed by atoms with Crippen LogP contribution in [0.25, 0.3) is 0 Å². The Balaban J connectivity index is 1.97. The number of hydrogen-bond acceptors (Lipinski definition) is 5. The number of primary amides is 1. The number of morpholine rings is 1. The van der Waals surface area contributed by atoms with Crippen LogP contribution in [0.2, 0.25) is 10.0 Å². The van der Waals surface area contributed by atoms with E-state index in [1.54, 1.807) is 51.1 Å². The fraction of sp³-hybridized carbons (Fsp3) is 0.500. The van der Waals surface area contributed by atoms with Crippen molar-refractivity contribution in [1.29, 1.82) is 0 Å². The molecule has 39 heavy (non-hydrogen) atoms. The molecule has 7 nitrogen and oxygen atoms in total. The monoisotopic (exact) mass is 598 g/mol. The Morgan fingerprint density at radius 1 is 1.18 bits per heavy atom. The lowest BCUT2D eigenvalue weighted by molar-refractivity contribution is -0.204. The molecule has 1 saturated heterocycles. The van der Waals surface area contributed by atoms with Crippen molar-refractivity contribution in [2.45, 2.75) is 75.5 Å². The fourth-order valence-corrected chi connectivity index (χ4v) is 6.81. The number of ether oxygens (including phenoxy) is 1. The van der Waals surface area contributed by atoms with E-state index in [1.165, 1.54) is 24.0 Å². The summed E-state index contributed by atoms with van der Waals surface area (Å²) in [5.41, 5.74) is 4.79. The van der Waals surface area contributed by atoms with Gasteiger partial charge in [0, 0.05) is 11.1 Å². The topological polar surface area (TPSA) is 107 Å². The van der Waals surface area contributed by atoms with E-state index in [2.05, 4.69) is 0 Å². The molecular weight excluding hydrogens is 566 g/mol. The van der Waals surface area contributed by atoms with E-state index in [0.29, 0.717) is 16.1 Å². The van der Waals surface area contributed by atoms with Crippen LogP contribution in [0.15, 0.2) is 42.5 Å². The number of rotatable bonds is 8. The van der Waals surface area contributed by atoms with Crippen molar-refractivity contribution in [2.24, 2.45) is 11.7 Å². The quantitative estimate of drug-likeness (QED) is 0.438. The van der Waals surface area contributed by atoms with Crippen molar-refractivity contribution in [3.8, 4) is 0 Å². The maximum atomic E-state index is 14.8. The summed E-state index contributed by atoms with van der Waals surface area (Å²) in [6.07, 6.45) is 0.102. The lowest BCUT2D eigenvalue weighted by Gasteiger charge is -2.52. The highest BCUT2D eigenvalue weighted by molar-refractivity contribution is 7.92. The smallest absolute Gasteiger partial charge is 0.256 e. The lowest BCUT2D eigenvalue weighted by atomic mass is 9.85. The summed E-state index contributed by atoms with van der Waals surface area (Å²) in [6.45, 7) is 6.33. The second-order valence-electron chi connectivity index (χ2n) is 11.6. The summed E-state index contributed by atoms with van der Waals surface area (Å²) in [5.74, 6) is -2.42. The van der Waals surface area contributed by atoms with Gasteiger partial charge in [-0.3, -0.25) is 9.59 Å². The lowest BCUT2D eigenvalue weighted by Crippen LogP contribution is -2.62. The summed E-state index contributed by atoms with van der Waals surface area (Å²) < 4.78 is 47.1. The third kappa shape index (κ3) is 6.11. The first-order valence-corrected chi connectivity index (χ1v) is 15.2. The molecule has 11 heteroatoms. The van der Waals surface area contributed by atoms with Gasteiger partial charge in [-0.05, 0) is 81.8 Å². The number of hydrogen-bond donors (Lipinski definition) is 1. The highest BCUT2D eigenvalue weighted by Crippen LogP contribution is 2.51. The summed E-state index contributed by atoms with van der Waals surface area (Å²) in [6, 6.07) is 9.35. The molecule has 1 heterocycles. The number of nitrogens with two attached hydrogens (primary N) is 1. The first kappa shape index (κ1) is 29.8. The summed E-state index contributed by atoms with van der Waals surface area (Å²) >= 11 is 12.3. The van der Waals surface area contributed by atoms with Crippen molar-refractivity contribution < 1.29 is 27.1 Å². The molecule has 212 valence electrons. The van der Waals surface area contributed by atoms with Crippen molar-refractivity contribution in [3.05, 3.63) is 69.5 Å². The van der Waals surface area contributed by atoms with E-state index in [0.717, 1.165) is 12.8 Å². The average Bonchev–Trinajstić information content (AvgIpc) is 3.65. The Kier molecular flexibility index (Phi) is 8.13. The number of carbonyl (C=O) groups excluding carboxylic acids is 2. The second-order valence-corrected chi connectivity index (χ2v) is 15.2. The maximum absolute atomic E-state index is 14.8. The van der Waals surface area contributed by atoms with Crippen LogP contribution in [0, 0.1) is 11.7 Å². The van der Waals surface area contributed by atoms with Gasteiger partial charge >= 0.3 is 0 Å². The van der Waals surface area contributed by atoms with Gasteiger partial charge in [-0.1, -0.05) is 41.4 Å². The van der Waals surface area contributed by atoms with Gasteiger partial charge in [0.05, 0.1) is 28.0 Å². The average molecular weight is 600 g/mol. The SMILES string of the molecule is CC(C)(C)S(=O)(=O)CC(C1CC1)N1C(=O)[C@@](C)(CC(N)=O)O[C@H](c2cccc(Cl)c2)C1c1ccc(Cl)c(F)c1. The van der Waals surface area contributed by atoms with E-state index < -0.39 is 62.4 Å². The predicted octanol–water partition coefficient (Wildman–Crippen LogP) is 5.40. The number of carbonyl (C=O) groups is 2. The van der Waals surface area contributed by atoms with Crippen LogP contribution in [-0.4, -0.2) is 47.3 Å². The van der Waals surface area contributed by atoms with Crippen molar-refractivity contribution in [3.63, 3.8) is 0 Å². The van der Waals surface area contributed by atoms with Gasteiger partial charge < -0.3 is 15.4 Å². The summed E-state index contributed by atoms with van der Waals surface area (Å²) in [7, 11) is -3.69. The third-order valence-corrected chi connectivity index (χ3v) is 10.7. The Hall–Kier alpha value is -2.20. The molecule has 2 amide bonds. The molecule has 4 atom stereocenters. The van der Waals surface area contributed by atoms with Crippen molar-refractivity contribution in [1.82, 2.24) is 4.90 Å². The van der Waals surface area contributed by atoms with Crippen LogP contribution in [0.3, 0.4) is 0 Å². The minimum absolute atomic E-state index is 0.0957. The van der Waals surface area contributed by atoms with Crippen LogP contribution in [0.5, 0.6) is 0 Å². The minimum Gasteiger partial charge on any atom is -0.370 e. The maximum Gasteiger partial charge on any atom is 0.256 e. The van der Waals surface area contributed by atoms with Gasteiger partial charge in [0.15, 0.2) is 15.4 Å². The molecule has 2 fully saturated rings. The molecular formula is C28H33Cl2FN2O5S. The summed E-state index contributed by atoms with van der Waals surface area (Å²) in [4.78, 5) is 27.9. The standard InChI is InChI=1S/C28H33Cl2FN2O5S/c1-27(2,3)39(36,37)15-22(16-8-9-16)33-24(17-10-11-20(30)21(31)13-17)25(18-6-5-7-19(29)12-18)38-28(4,26(33)35)14-23(32)34/h5-7,10-13,16,22,24-25H,8-9,14-15H2,1-4H3,(H2,32,34)/t22?,24?,25-,28-/m1/s1. The van der Waals surface area contributed by atoms with Gasteiger partial charge in [0.25, 0.3) is 5.91 Å². The zero-order valence-corrected chi connectivity index (χ0v) is 24.6. The Labute approximate surface area is 238 Å². The molecule has 0 radical (unpaired) electrons. The highest BCUT2D eigenvalue weighted by atomic mass is 35.5. The van der Waals surface area contributed by atoms with E-state index in [-0.39, 0.29) is 16.7 Å². The number of sulfone groups is 1. The van der Waals surface area contributed by atoms with E-state index in [1.807, 2.05) is 0 Å². The zero-order chi connectivity index (χ0) is 28.9. The van der Waals surface area contributed by atoms with Gasteiger partial charge in [0.2, 0.25) is 5.91 Å². The molecule has 2 unspecified atom stereocenters. The number of amides is 2. The van der Waals surface area contributed by atoms with Gasteiger partial charge in [-0.25, -0.2) is 12.8 Å². The highest BCUT2D eigenvalue weighted by Gasteiger charge is 2.56. The summed E-state index contributed by atoms with van der Waals surface area (Å²) in [5, 5.41) is 0.312. The Morgan fingerprint density at radius 2 is 1.85 bits per heavy atom. The van der Waals surface area contributed by atoms with Crippen LogP contribution in [0.4, 0.5) is 4.39 Å². The largest absolute Gasteiger partial charge is 0.370 e. The fourth-order valence-electron chi connectivity index (χ4n) is 5.11. The molecule has 1 aliphatic heterocycles. The molecule has 2 aromatic rings. The molecule has 2 aromatic carbocycles. The van der Waals surface area contributed by atoms with Crippen LogP contribution < -0.4 is 5.73 Å². The van der Waals surface area contributed by atoms with Gasteiger partial charge in [0.1, 0.15) is 11.9 Å². The normalized spacial score (nSPS) is 25.0. The molecule has 0 aromatic heterocycles.